The minimum absolute atomic E-state index is 0.144. The second-order valence-electron chi connectivity index (χ2n) is 2.64. The van der Waals surface area contributed by atoms with Gasteiger partial charge in [-0.15, -0.1) is 0 Å². The molecule has 0 heterocycles. The number of phenolic OH excluding ortho intramolecular Hbond substituents is 1. The molecule has 0 aliphatic rings. The van der Waals surface area contributed by atoms with Gasteiger partial charge in [-0.1, -0.05) is 23.0 Å². The van der Waals surface area contributed by atoms with E-state index in [1.54, 1.807) is 25.1 Å². The van der Waals surface area contributed by atoms with Gasteiger partial charge in [0, 0.05) is 16.0 Å². The fraction of sp³-hybridized carbons (Fsp3) is 0.200. The van der Waals surface area contributed by atoms with Crippen molar-refractivity contribution in [1.82, 2.24) is 0 Å². The van der Waals surface area contributed by atoms with Crippen LogP contribution in [0.1, 0.15) is 11.1 Å². The molecular weight excluding hydrogens is 178 g/mol. The smallest absolute Gasteiger partial charge is 0.119 e. The van der Waals surface area contributed by atoms with Crippen molar-refractivity contribution in [2.45, 2.75) is 6.92 Å². The van der Waals surface area contributed by atoms with E-state index in [-0.39, 0.29) is 12.3 Å². The second kappa shape index (κ2) is 4.80. The molecule has 0 atom stereocenters. The molecule has 1 rings (SSSR count). The van der Waals surface area contributed by atoms with Crippen LogP contribution in [-0.4, -0.2) is 11.7 Å². The third kappa shape index (κ3) is 2.44. The van der Waals surface area contributed by atoms with E-state index in [2.05, 4.69) is 21.9 Å². The quantitative estimate of drug-likeness (QED) is 0.312. The number of azide groups is 1. The monoisotopic (exact) mass is 187 g/mol. The van der Waals surface area contributed by atoms with Crippen molar-refractivity contribution in [3.63, 3.8) is 0 Å². The van der Waals surface area contributed by atoms with Gasteiger partial charge in [-0.3, -0.25) is 0 Å². The third-order valence-corrected chi connectivity index (χ3v) is 1.74. The van der Waals surface area contributed by atoms with Crippen LogP contribution in [0.2, 0.25) is 0 Å². The molecule has 0 saturated heterocycles. The average molecular weight is 187 g/mol. The van der Waals surface area contributed by atoms with Crippen LogP contribution in [0.5, 0.6) is 5.75 Å². The van der Waals surface area contributed by atoms with Crippen molar-refractivity contribution in [2.75, 3.05) is 6.54 Å². The molecule has 0 aromatic heterocycles. The Bertz CT molecular complexity index is 436. The zero-order valence-electron chi connectivity index (χ0n) is 7.73. The molecule has 14 heavy (non-hydrogen) atoms. The number of hydrogen-bond donors (Lipinski definition) is 1. The number of hydrogen-bond acceptors (Lipinski definition) is 2. The topological polar surface area (TPSA) is 69.0 Å². The molecular formula is C10H9N3O. The van der Waals surface area contributed by atoms with Crippen molar-refractivity contribution < 1.29 is 5.11 Å². The predicted octanol–water partition coefficient (Wildman–Crippen LogP) is 2.36. The van der Waals surface area contributed by atoms with Crippen molar-refractivity contribution >= 4 is 0 Å². The Balaban J connectivity index is 2.89. The standard InChI is InChI=1S/C10H9N3O/c1-8-9(4-2-6-10(8)14)5-3-7-12-13-11/h2,4,6,14H,7H2,1H3. The van der Waals surface area contributed by atoms with E-state index >= 15 is 0 Å². The highest BCUT2D eigenvalue weighted by molar-refractivity contribution is 5.47. The molecule has 4 nitrogen and oxygen atoms in total. The molecule has 0 saturated carbocycles. The van der Waals surface area contributed by atoms with Gasteiger partial charge in [0.15, 0.2) is 0 Å². The van der Waals surface area contributed by atoms with Gasteiger partial charge in [0.1, 0.15) is 5.75 Å². The maximum atomic E-state index is 9.35. The summed E-state index contributed by atoms with van der Waals surface area (Å²) in [4.78, 5) is 2.58. The lowest BCUT2D eigenvalue weighted by molar-refractivity contribution is 0.471. The first-order valence-electron chi connectivity index (χ1n) is 4.04. The molecule has 1 N–H and O–H groups in total. The first-order chi connectivity index (χ1) is 6.75. The summed E-state index contributed by atoms with van der Waals surface area (Å²) in [6.07, 6.45) is 0. The van der Waals surface area contributed by atoms with Crippen molar-refractivity contribution in [3.8, 4) is 17.6 Å². The van der Waals surface area contributed by atoms with Gasteiger partial charge < -0.3 is 5.11 Å². The van der Waals surface area contributed by atoms with Crippen LogP contribution in [0.4, 0.5) is 0 Å². The van der Waals surface area contributed by atoms with Gasteiger partial charge in [-0.25, -0.2) is 0 Å². The highest BCUT2D eigenvalue weighted by Crippen LogP contribution is 2.18. The van der Waals surface area contributed by atoms with Crippen LogP contribution in [0.15, 0.2) is 23.3 Å². The first-order valence-corrected chi connectivity index (χ1v) is 4.04. The summed E-state index contributed by atoms with van der Waals surface area (Å²) in [7, 11) is 0. The SMILES string of the molecule is Cc1c(O)cccc1C#CCN=[N+]=[N-]. The second-order valence-corrected chi connectivity index (χ2v) is 2.64. The molecule has 0 radical (unpaired) electrons. The highest BCUT2D eigenvalue weighted by Gasteiger charge is 1.97. The summed E-state index contributed by atoms with van der Waals surface area (Å²) in [6.45, 7) is 1.93. The van der Waals surface area contributed by atoms with Gasteiger partial charge in [-0.05, 0) is 24.6 Å². The summed E-state index contributed by atoms with van der Waals surface area (Å²) in [5.74, 6) is 5.73. The fourth-order valence-corrected chi connectivity index (χ4v) is 0.961. The van der Waals surface area contributed by atoms with E-state index < -0.39 is 0 Å². The van der Waals surface area contributed by atoms with Gasteiger partial charge in [-0.2, -0.15) is 0 Å². The van der Waals surface area contributed by atoms with E-state index in [0.717, 1.165) is 11.1 Å². The molecule has 4 heteroatoms. The van der Waals surface area contributed by atoms with Crippen LogP contribution in [0.25, 0.3) is 10.4 Å². The molecule has 1 aromatic carbocycles. The Kier molecular flexibility index (Phi) is 3.42. The van der Waals surface area contributed by atoms with Crippen molar-refractivity contribution in [1.29, 1.82) is 0 Å². The Labute approximate surface area is 81.8 Å². The minimum atomic E-state index is 0.144. The van der Waals surface area contributed by atoms with Gasteiger partial charge in [0.25, 0.3) is 0 Å². The molecule has 1 aromatic rings. The van der Waals surface area contributed by atoms with Gasteiger partial charge in [0.2, 0.25) is 0 Å². The zero-order chi connectivity index (χ0) is 10.4. The largest absolute Gasteiger partial charge is 0.508 e. The van der Waals surface area contributed by atoms with E-state index in [1.807, 2.05) is 0 Å². The Morgan fingerprint density at radius 3 is 3.07 bits per heavy atom. The summed E-state index contributed by atoms with van der Waals surface area (Å²) in [5.41, 5.74) is 9.50. The minimum Gasteiger partial charge on any atom is -0.508 e. The maximum absolute atomic E-state index is 9.35. The Hall–Kier alpha value is -2.11. The third-order valence-electron chi connectivity index (χ3n) is 1.74. The lowest BCUT2D eigenvalue weighted by Crippen LogP contribution is -1.82. The van der Waals surface area contributed by atoms with Gasteiger partial charge in [0.05, 0.1) is 6.54 Å². The normalized spacial score (nSPS) is 8.36. The summed E-state index contributed by atoms with van der Waals surface area (Å²) in [6, 6.07) is 5.13. The van der Waals surface area contributed by atoms with Crippen LogP contribution in [0, 0.1) is 18.8 Å². The number of aromatic hydroxyl groups is 1. The summed E-state index contributed by atoms with van der Waals surface area (Å²) in [5, 5.41) is 12.6. The van der Waals surface area contributed by atoms with Crippen LogP contribution in [-0.2, 0) is 0 Å². The number of phenols is 1. The zero-order valence-corrected chi connectivity index (χ0v) is 7.73. The maximum Gasteiger partial charge on any atom is 0.119 e. The molecule has 0 aliphatic heterocycles. The van der Waals surface area contributed by atoms with Crippen molar-refractivity contribution in [3.05, 3.63) is 39.8 Å². The molecule has 0 bridgehead atoms. The molecule has 0 fully saturated rings. The lowest BCUT2D eigenvalue weighted by atomic mass is 10.1. The highest BCUT2D eigenvalue weighted by atomic mass is 16.3. The lowest BCUT2D eigenvalue weighted by Gasteiger charge is -1.99. The Morgan fingerprint density at radius 2 is 2.36 bits per heavy atom. The van der Waals surface area contributed by atoms with Crippen LogP contribution < -0.4 is 0 Å². The number of rotatable bonds is 1. The van der Waals surface area contributed by atoms with E-state index in [0.29, 0.717) is 0 Å². The van der Waals surface area contributed by atoms with Crippen LogP contribution in [0.3, 0.4) is 0 Å². The first kappa shape index (κ1) is 9.97. The molecule has 0 amide bonds. The van der Waals surface area contributed by atoms with E-state index in [9.17, 15) is 5.11 Å². The van der Waals surface area contributed by atoms with Crippen LogP contribution >= 0.6 is 0 Å². The number of nitrogens with zero attached hydrogens (tertiary/aromatic N) is 3. The average Bonchev–Trinajstić information content (AvgIpc) is 2.19. The van der Waals surface area contributed by atoms with E-state index in [1.165, 1.54) is 0 Å². The molecule has 0 unspecified atom stereocenters. The molecule has 0 aliphatic carbocycles. The molecule has 0 spiro atoms. The predicted molar refractivity (Wildman–Crippen MR) is 53.7 cm³/mol. The fourth-order valence-electron chi connectivity index (χ4n) is 0.961. The summed E-state index contributed by atoms with van der Waals surface area (Å²) < 4.78 is 0. The molecule has 70 valence electrons. The Morgan fingerprint density at radius 1 is 1.57 bits per heavy atom. The van der Waals surface area contributed by atoms with Gasteiger partial charge >= 0.3 is 0 Å². The number of benzene rings is 1. The summed E-state index contributed by atoms with van der Waals surface area (Å²) >= 11 is 0. The van der Waals surface area contributed by atoms with E-state index in [4.69, 9.17) is 5.53 Å². The van der Waals surface area contributed by atoms with Crippen molar-refractivity contribution in [2.24, 2.45) is 5.11 Å².